The Bertz CT molecular complexity index is 1520. The number of nitrogens with zero attached hydrogens (tertiary/aromatic N) is 2. The number of nitrogens with one attached hydrogen (secondary N) is 1. The first-order valence-electron chi connectivity index (χ1n) is 11.1. The van der Waals surface area contributed by atoms with Crippen LogP contribution in [0.5, 0.6) is 11.5 Å². The standard InChI is InChI=1S/C27H27N3O5/c1-17-7-5-6-8-20(17)16-29-22-14-24(35-4)23(34-3)13-21(22)26(32)30(27(29)33)15-18-9-11-19(12-10-18)25(31)28-2/h5-14H,15-16H2,1-4H3,(H,28,31). The van der Waals surface area contributed by atoms with E-state index in [0.29, 0.717) is 28.0 Å². The number of benzene rings is 3. The molecule has 1 aromatic heterocycles. The highest BCUT2D eigenvalue weighted by Gasteiger charge is 2.18. The number of carbonyl (C=O) groups is 1. The summed E-state index contributed by atoms with van der Waals surface area (Å²) < 4.78 is 13.6. The van der Waals surface area contributed by atoms with E-state index in [1.54, 1.807) is 48.0 Å². The van der Waals surface area contributed by atoms with Crippen LogP contribution in [-0.4, -0.2) is 36.3 Å². The van der Waals surface area contributed by atoms with Crippen LogP contribution in [0.1, 0.15) is 27.0 Å². The summed E-state index contributed by atoms with van der Waals surface area (Å²) in [6.45, 7) is 2.33. The van der Waals surface area contributed by atoms with E-state index in [0.717, 1.165) is 16.7 Å². The molecule has 0 saturated heterocycles. The smallest absolute Gasteiger partial charge is 0.332 e. The van der Waals surface area contributed by atoms with Gasteiger partial charge in [0, 0.05) is 18.7 Å². The number of aromatic nitrogens is 2. The number of amides is 1. The molecular weight excluding hydrogens is 446 g/mol. The van der Waals surface area contributed by atoms with Gasteiger partial charge in [0.05, 0.1) is 38.2 Å². The van der Waals surface area contributed by atoms with Crippen LogP contribution in [0.2, 0.25) is 0 Å². The molecule has 0 radical (unpaired) electrons. The van der Waals surface area contributed by atoms with Crippen LogP contribution < -0.4 is 26.0 Å². The number of hydrogen-bond acceptors (Lipinski definition) is 5. The predicted molar refractivity (Wildman–Crippen MR) is 135 cm³/mol. The monoisotopic (exact) mass is 473 g/mol. The van der Waals surface area contributed by atoms with Gasteiger partial charge in [-0.15, -0.1) is 0 Å². The highest BCUT2D eigenvalue weighted by Crippen LogP contribution is 2.30. The molecule has 3 aromatic carbocycles. The van der Waals surface area contributed by atoms with Gasteiger partial charge in [0.1, 0.15) is 0 Å². The Labute approximate surface area is 202 Å². The SMILES string of the molecule is CNC(=O)c1ccc(Cn2c(=O)c3cc(OC)c(OC)cc3n(Cc3ccccc3C)c2=O)cc1. The first-order chi connectivity index (χ1) is 16.9. The van der Waals surface area contributed by atoms with Gasteiger partial charge in [-0.1, -0.05) is 36.4 Å². The number of ether oxygens (including phenoxy) is 2. The first kappa shape index (κ1) is 23.8. The predicted octanol–water partition coefficient (Wildman–Crippen LogP) is 2.95. The van der Waals surface area contributed by atoms with Crippen molar-refractivity contribution < 1.29 is 14.3 Å². The summed E-state index contributed by atoms with van der Waals surface area (Å²) in [5.41, 5.74) is 2.82. The van der Waals surface area contributed by atoms with E-state index in [4.69, 9.17) is 9.47 Å². The molecule has 8 nitrogen and oxygen atoms in total. The fourth-order valence-corrected chi connectivity index (χ4v) is 4.08. The van der Waals surface area contributed by atoms with E-state index in [1.165, 1.54) is 18.8 Å². The van der Waals surface area contributed by atoms with Crippen molar-refractivity contribution in [2.75, 3.05) is 21.3 Å². The summed E-state index contributed by atoms with van der Waals surface area (Å²) >= 11 is 0. The summed E-state index contributed by atoms with van der Waals surface area (Å²) in [6, 6.07) is 17.9. The number of hydrogen-bond donors (Lipinski definition) is 1. The van der Waals surface area contributed by atoms with Gasteiger partial charge in [-0.05, 0) is 41.8 Å². The molecule has 0 atom stereocenters. The van der Waals surface area contributed by atoms with Crippen LogP contribution in [0.3, 0.4) is 0 Å². The minimum atomic E-state index is -0.437. The molecule has 1 N–H and O–H groups in total. The van der Waals surface area contributed by atoms with Crippen LogP contribution >= 0.6 is 0 Å². The van der Waals surface area contributed by atoms with E-state index >= 15 is 0 Å². The molecule has 0 aliphatic heterocycles. The summed E-state index contributed by atoms with van der Waals surface area (Å²) in [5.74, 6) is 0.626. The number of carbonyl (C=O) groups excluding carboxylic acids is 1. The van der Waals surface area contributed by atoms with Gasteiger partial charge in [-0.3, -0.25) is 18.7 Å². The van der Waals surface area contributed by atoms with Crippen molar-refractivity contribution in [2.24, 2.45) is 0 Å². The number of rotatable bonds is 7. The second-order valence-electron chi connectivity index (χ2n) is 8.19. The Morgan fingerprint density at radius 2 is 1.54 bits per heavy atom. The average molecular weight is 474 g/mol. The third-order valence-corrected chi connectivity index (χ3v) is 6.10. The van der Waals surface area contributed by atoms with Gasteiger partial charge in [0.15, 0.2) is 11.5 Å². The molecule has 1 amide bonds. The Hall–Kier alpha value is -4.33. The molecule has 0 unspecified atom stereocenters. The van der Waals surface area contributed by atoms with E-state index in [-0.39, 0.29) is 19.0 Å². The van der Waals surface area contributed by atoms with Crippen molar-refractivity contribution in [1.82, 2.24) is 14.5 Å². The molecule has 0 spiro atoms. The molecule has 0 saturated carbocycles. The van der Waals surface area contributed by atoms with Crippen molar-refractivity contribution in [1.29, 1.82) is 0 Å². The van der Waals surface area contributed by atoms with Crippen molar-refractivity contribution in [2.45, 2.75) is 20.0 Å². The van der Waals surface area contributed by atoms with Crippen molar-refractivity contribution >= 4 is 16.8 Å². The lowest BCUT2D eigenvalue weighted by Crippen LogP contribution is -2.40. The van der Waals surface area contributed by atoms with Gasteiger partial charge in [-0.25, -0.2) is 4.79 Å². The summed E-state index contributed by atoms with van der Waals surface area (Å²) in [4.78, 5) is 39.0. The summed E-state index contributed by atoms with van der Waals surface area (Å²) in [7, 11) is 4.57. The first-order valence-corrected chi connectivity index (χ1v) is 11.1. The number of methoxy groups -OCH3 is 2. The third kappa shape index (κ3) is 4.55. The van der Waals surface area contributed by atoms with Gasteiger partial charge < -0.3 is 14.8 Å². The van der Waals surface area contributed by atoms with Gasteiger partial charge in [-0.2, -0.15) is 0 Å². The van der Waals surface area contributed by atoms with Crippen LogP contribution in [0.4, 0.5) is 0 Å². The quantitative estimate of drug-likeness (QED) is 0.446. The fraction of sp³-hybridized carbons (Fsp3) is 0.222. The number of aryl methyl sites for hydroxylation is 1. The van der Waals surface area contributed by atoms with E-state index < -0.39 is 11.2 Å². The zero-order valence-electron chi connectivity index (χ0n) is 20.1. The van der Waals surface area contributed by atoms with E-state index in [2.05, 4.69) is 5.32 Å². The lowest BCUT2D eigenvalue weighted by molar-refractivity contribution is 0.0963. The molecule has 0 bridgehead atoms. The molecule has 4 aromatic rings. The Morgan fingerprint density at radius 1 is 0.886 bits per heavy atom. The van der Waals surface area contributed by atoms with E-state index in [1.807, 2.05) is 31.2 Å². The van der Waals surface area contributed by atoms with Crippen LogP contribution in [0.15, 0.2) is 70.3 Å². The molecule has 0 fully saturated rings. The maximum Gasteiger partial charge on any atom is 0.332 e. The molecule has 1 heterocycles. The lowest BCUT2D eigenvalue weighted by Gasteiger charge is -2.17. The fourth-order valence-electron chi connectivity index (χ4n) is 4.08. The van der Waals surface area contributed by atoms with Crippen LogP contribution in [0.25, 0.3) is 10.9 Å². The highest BCUT2D eigenvalue weighted by atomic mass is 16.5. The van der Waals surface area contributed by atoms with Crippen molar-refractivity contribution in [3.8, 4) is 11.5 Å². The normalized spacial score (nSPS) is 10.9. The molecule has 180 valence electrons. The topological polar surface area (TPSA) is 91.6 Å². The Kier molecular flexibility index (Phi) is 6.73. The van der Waals surface area contributed by atoms with Gasteiger partial charge in [0.2, 0.25) is 0 Å². The van der Waals surface area contributed by atoms with Crippen molar-refractivity contribution in [3.05, 3.63) is 104 Å². The van der Waals surface area contributed by atoms with Crippen LogP contribution in [-0.2, 0) is 13.1 Å². The second-order valence-corrected chi connectivity index (χ2v) is 8.19. The van der Waals surface area contributed by atoms with Crippen LogP contribution in [0, 0.1) is 6.92 Å². The third-order valence-electron chi connectivity index (χ3n) is 6.10. The minimum Gasteiger partial charge on any atom is -0.493 e. The summed E-state index contributed by atoms with van der Waals surface area (Å²) in [6.07, 6.45) is 0. The second kappa shape index (κ2) is 9.89. The maximum absolute atomic E-state index is 13.7. The number of fused-ring (bicyclic) bond motifs is 1. The van der Waals surface area contributed by atoms with Crippen molar-refractivity contribution in [3.63, 3.8) is 0 Å². The van der Waals surface area contributed by atoms with Gasteiger partial charge in [0.25, 0.3) is 11.5 Å². The minimum absolute atomic E-state index is 0.0593. The zero-order chi connectivity index (χ0) is 25.1. The molecule has 8 heteroatoms. The highest BCUT2D eigenvalue weighted by molar-refractivity contribution is 5.93. The summed E-state index contributed by atoms with van der Waals surface area (Å²) in [5, 5.41) is 2.92. The molecule has 0 aliphatic rings. The van der Waals surface area contributed by atoms with Gasteiger partial charge >= 0.3 is 5.69 Å². The van der Waals surface area contributed by atoms with E-state index in [9.17, 15) is 14.4 Å². The maximum atomic E-state index is 13.7. The molecule has 0 aliphatic carbocycles. The molecule has 35 heavy (non-hydrogen) atoms. The zero-order valence-corrected chi connectivity index (χ0v) is 20.1. The Balaban J connectivity index is 1.92. The lowest BCUT2D eigenvalue weighted by atomic mass is 10.1. The largest absolute Gasteiger partial charge is 0.493 e. The molecular formula is C27H27N3O5. The molecule has 4 rings (SSSR count). The Morgan fingerprint density at radius 3 is 2.17 bits per heavy atom. The average Bonchev–Trinajstić information content (AvgIpc) is 2.89.